The largest absolute Gasteiger partial charge is 0.452 e. The molecular formula is C12H21BrN2O3S. The fourth-order valence-electron chi connectivity index (χ4n) is 1.24. The SMILES string of the molecule is CC(C)C(C)(C)CNS(=O)(=O)c1cc(CN)oc1Br. The predicted molar refractivity (Wildman–Crippen MR) is 78.1 cm³/mol. The highest BCUT2D eigenvalue weighted by Gasteiger charge is 2.27. The molecule has 1 rings (SSSR count). The van der Waals surface area contributed by atoms with E-state index in [0.29, 0.717) is 18.2 Å². The van der Waals surface area contributed by atoms with Gasteiger partial charge in [-0.1, -0.05) is 27.7 Å². The van der Waals surface area contributed by atoms with Gasteiger partial charge in [0.15, 0.2) is 4.67 Å². The molecule has 0 saturated carbocycles. The van der Waals surface area contributed by atoms with Crippen LogP contribution in [0.1, 0.15) is 33.5 Å². The summed E-state index contributed by atoms with van der Waals surface area (Å²) in [5, 5.41) is 0. The van der Waals surface area contributed by atoms with Crippen molar-refractivity contribution in [2.24, 2.45) is 17.1 Å². The van der Waals surface area contributed by atoms with E-state index in [2.05, 4.69) is 34.5 Å². The number of nitrogens with two attached hydrogens (primary N) is 1. The van der Waals surface area contributed by atoms with Crippen molar-refractivity contribution in [3.8, 4) is 0 Å². The molecule has 0 amide bonds. The van der Waals surface area contributed by atoms with Crippen LogP contribution in [0.5, 0.6) is 0 Å². The number of hydrogen-bond acceptors (Lipinski definition) is 4. The van der Waals surface area contributed by atoms with Crippen molar-refractivity contribution >= 4 is 26.0 Å². The van der Waals surface area contributed by atoms with Gasteiger partial charge in [0.05, 0.1) is 6.54 Å². The van der Waals surface area contributed by atoms with Gasteiger partial charge >= 0.3 is 0 Å². The van der Waals surface area contributed by atoms with Crippen LogP contribution in [0, 0.1) is 11.3 Å². The highest BCUT2D eigenvalue weighted by Crippen LogP contribution is 2.28. The molecule has 1 heterocycles. The Balaban J connectivity index is 2.90. The van der Waals surface area contributed by atoms with Gasteiger partial charge in [0.2, 0.25) is 10.0 Å². The normalized spacial score (nSPS) is 13.2. The Morgan fingerprint density at radius 2 is 2.05 bits per heavy atom. The molecule has 0 aliphatic carbocycles. The van der Waals surface area contributed by atoms with Crippen LogP contribution >= 0.6 is 15.9 Å². The van der Waals surface area contributed by atoms with Gasteiger partial charge in [0.25, 0.3) is 0 Å². The van der Waals surface area contributed by atoms with Gasteiger partial charge in [-0.3, -0.25) is 0 Å². The van der Waals surface area contributed by atoms with Crippen molar-refractivity contribution in [1.82, 2.24) is 4.72 Å². The molecule has 0 radical (unpaired) electrons. The molecule has 0 spiro atoms. The van der Waals surface area contributed by atoms with Gasteiger partial charge in [-0.25, -0.2) is 13.1 Å². The minimum Gasteiger partial charge on any atom is -0.452 e. The predicted octanol–water partition coefficient (Wildman–Crippen LogP) is 2.46. The van der Waals surface area contributed by atoms with Crippen LogP contribution in [0.3, 0.4) is 0 Å². The van der Waals surface area contributed by atoms with Crippen molar-refractivity contribution in [3.63, 3.8) is 0 Å². The molecule has 0 saturated heterocycles. The topological polar surface area (TPSA) is 85.3 Å². The lowest BCUT2D eigenvalue weighted by Crippen LogP contribution is -2.36. The third-order valence-electron chi connectivity index (χ3n) is 3.48. The molecule has 0 atom stereocenters. The summed E-state index contributed by atoms with van der Waals surface area (Å²) in [6.07, 6.45) is 0. The standard InChI is InChI=1S/C12H21BrN2O3S/c1-8(2)12(3,4)7-15-19(16,17)10-5-9(6-14)18-11(10)13/h5,8,15H,6-7,14H2,1-4H3. The van der Waals surface area contributed by atoms with Crippen LogP contribution in [-0.4, -0.2) is 15.0 Å². The molecule has 110 valence electrons. The third kappa shape index (κ3) is 4.05. The molecule has 19 heavy (non-hydrogen) atoms. The van der Waals surface area contributed by atoms with E-state index in [4.69, 9.17) is 10.2 Å². The fourth-order valence-corrected chi connectivity index (χ4v) is 3.46. The van der Waals surface area contributed by atoms with E-state index in [1.165, 1.54) is 6.07 Å². The van der Waals surface area contributed by atoms with Gasteiger partial charge in [-0.2, -0.15) is 0 Å². The average molecular weight is 353 g/mol. The molecule has 7 heteroatoms. The van der Waals surface area contributed by atoms with Gasteiger partial charge < -0.3 is 10.2 Å². The van der Waals surface area contributed by atoms with Crippen molar-refractivity contribution in [3.05, 3.63) is 16.5 Å². The Bertz CT molecular complexity index is 535. The molecule has 0 fully saturated rings. The number of hydrogen-bond donors (Lipinski definition) is 2. The number of rotatable bonds is 6. The van der Waals surface area contributed by atoms with E-state index in [1.54, 1.807) is 0 Å². The van der Waals surface area contributed by atoms with E-state index >= 15 is 0 Å². The zero-order valence-corrected chi connectivity index (χ0v) is 14.1. The maximum Gasteiger partial charge on any atom is 0.244 e. The average Bonchev–Trinajstić information content (AvgIpc) is 2.69. The minimum atomic E-state index is -3.59. The second-order valence-electron chi connectivity index (χ2n) is 5.52. The summed E-state index contributed by atoms with van der Waals surface area (Å²) in [7, 11) is -3.59. The van der Waals surface area contributed by atoms with Crippen LogP contribution in [0.2, 0.25) is 0 Å². The molecule has 0 bridgehead atoms. The van der Waals surface area contributed by atoms with Crippen LogP contribution < -0.4 is 10.5 Å². The van der Waals surface area contributed by atoms with Crippen LogP contribution in [-0.2, 0) is 16.6 Å². The number of sulfonamides is 1. The van der Waals surface area contributed by atoms with Crippen LogP contribution in [0.25, 0.3) is 0 Å². The molecular weight excluding hydrogens is 332 g/mol. The smallest absolute Gasteiger partial charge is 0.244 e. The quantitative estimate of drug-likeness (QED) is 0.823. The lowest BCUT2D eigenvalue weighted by molar-refractivity contribution is 0.252. The third-order valence-corrected chi connectivity index (χ3v) is 5.74. The fraction of sp³-hybridized carbons (Fsp3) is 0.667. The Morgan fingerprint density at radius 3 is 2.47 bits per heavy atom. The first-order chi connectivity index (χ1) is 8.60. The molecule has 5 nitrogen and oxygen atoms in total. The van der Waals surface area contributed by atoms with Crippen molar-refractivity contribution in [2.45, 2.75) is 39.1 Å². The molecule has 0 aliphatic rings. The Labute approximate surface area is 123 Å². The first-order valence-corrected chi connectivity index (χ1v) is 8.35. The van der Waals surface area contributed by atoms with Gasteiger partial charge in [0.1, 0.15) is 10.7 Å². The van der Waals surface area contributed by atoms with Gasteiger partial charge in [-0.15, -0.1) is 0 Å². The van der Waals surface area contributed by atoms with Gasteiger partial charge in [-0.05, 0) is 27.3 Å². The molecule has 0 aromatic carbocycles. The maximum absolute atomic E-state index is 12.2. The Hall–Kier alpha value is -0.370. The van der Waals surface area contributed by atoms with E-state index in [-0.39, 0.29) is 21.5 Å². The van der Waals surface area contributed by atoms with Crippen LogP contribution in [0.15, 0.2) is 20.0 Å². The molecule has 1 aromatic rings. The molecule has 3 N–H and O–H groups in total. The van der Waals surface area contributed by atoms with Crippen molar-refractivity contribution in [2.75, 3.05) is 6.54 Å². The molecule has 0 unspecified atom stereocenters. The Morgan fingerprint density at radius 1 is 1.47 bits per heavy atom. The second kappa shape index (κ2) is 5.95. The first-order valence-electron chi connectivity index (χ1n) is 6.08. The molecule has 0 aliphatic heterocycles. The minimum absolute atomic E-state index is 0.0903. The maximum atomic E-state index is 12.2. The monoisotopic (exact) mass is 352 g/mol. The number of halogens is 1. The van der Waals surface area contributed by atoms with Crippen molar-refractivity contribution < 1.29 is 12.8 Å². The summed E-state index contributed by atoms with van der Waals surface area (Å²) in [6.45, 7) is 8.70. The van der Waals surface area contributed by atoms with Gasteiger partial charge in [0, 0.05) is 12.6 Å². The molecule has 1 aromatic heterocycles. The number of nitrogens with one attached hydrogen (secondary N) is 1. The summed E-state index contributed by atoms with van der Waals surface area (Å²) in [4.78, 5) is 0.0903. The zero-order valence-electron chi connectivity index (χ0n) is 11.7. The summed E-state index contributed by atoms with van der Waals surface area (Å²) in [5.41, 5.74) is 5.30. The summed E-state index contributed by atoms with van der Waals surface area (Å²) in [6, 6.07) is 1.44. The van der Waals surface area contributed by atoms with E-state index in [9.17, 15) is 8.42 Å². The summed E-state index contributed by atoms with van der Waals surface area (Å²) < 4.78 is 32.4. The zero-order chi connectivity index (χ0) is 14.8. The van der Waals surface area contributed by atoms with E-state index < -0.39 is 10.0 Å². The summed E-state index contributed by atoms with van der Waals surface area (Å²) >= 11 is 3.10. The van der Waals surface area contributed by atoms with E-state index in [0.717, 1.165) is 0 Å². The van der Waals surface area contributed by atoms with E-state index in [1.807, 2.05) is 13.8 Å². The first kappa shape index (κ1) is 16.7. The number of furan rings is 1. The second-order valence-corrected chi connectivity index (χ2v) is 7.98. The highest BCUT2D eigenvalue weighted by atomic mass is 79.9. The summed E-state index contributed by atoms with van der Waals surface area (Å²) in [5.74, 6) is 0.790. The van der Waals surface area contributed by atoms with Crippen molar-refractivity contribution in [1.29, 1.82) is 0 Å². The van der Waals surface area contributed by atoms with Crippen LogP contribution in [0.4, 0.5) is 0 Å². The lowest BCUT2D eigenvalue weighted by Gasteiger charge is -2.29. The lowest BCUT2D eigenvalue weighted by atomic mass is 9.81. The highest BCUT2D eigenvalue weighted by molar-refractivity contribution is 9.10. The Kier molecular flexibility index (Phi) is 5.22.